The highest BCUT2D eigenvalue weighted by Gasteiger charge is 2.27. The normalized spacial score (nSPS) is 13.1. The van der Waals surface area contributed by atoms with Gasteiger partial charge in [-0.3, -0.25) is 4.79 Å². The van der Waals surface area contributed by atoms with E-state index in [1.54, 1.807) is 18.2 Å². The number of benzene rings is 1. The van der Waals surface area contributed by atoms with Crippen LogP contribution < -0.4 is 11.1 Å². The minimum absolute atomic E-state index is 0.360. The van der Waals surface area contributed by atoms with Gasteiger partial charge in [0, 0.05) is 4.90 Å². The van der Waals surface area contributed by atoms with Gasteiger partial charge in [0.25, 0.3) is 0 Å². The Labute approximate surface area is 120 Å². The summed E-state index contributed by atoms with van der Waals surface area (Å²) in [6.45, 7) is 1.90. The summed E-state index contributed by atoms with van der Waals surface area (Å²) in [5.41, 5.74) is 6.03. The fourth-order valence-electron chi connectivity index (χ4n) is 1.52. The molecule has 0 spiro atoms. The molecule has 0 aromatic heterocycles. The average molecular weight is 306 g/mol. The van der Waals surface area contributed by atoms with Crippen LogP contribution >= 0.6 is 11.8 Å². The van der Waals surface area contributed by atoms with Crippen LogP contribution in [0, 0.1) is 0 Å². The summed E-state index contributed by atoms with van der Waals surface area (Å²) in [6, 6.07) is 5.73. The Morgan fingerprint density at radius 2 is 2.05 bits per heavy atom. The zero-order chi connectivity index (χ0) is 15.2. The van der Waals surface area contributed by atoms with Gasteiger partial charge in [-0.05, 0) is 18.6 Å². The van der Waals surface area contributed by atoms with Crippen LogP contribution in [-0.2, 0) is 4.79 Å². The van der Waals surface area contributed by atoms with Crippen molar-refractivity contribution in [2.75, 3.05) is 11.1 Å². The number of halogens is 3. The molecule has 20 heavy (non-hydrogen) atoms. The number of anilines is 1. The number of carbonyl (C=O) groups is 1. The second-order valence-electron chi connectivity index (χ2n) is 4.28. The summed E-state index contributed by atoms with van der Waals surface area (Å²) in [5.74, 6) is -1.38. The van der Waals surface area contributed by atoms with Gasteiger partial charge in [-0.25, -0.2) is 0 Å². The van der Waals surface area contributed by atoms with Crippen LogP contribution in [0.3, 0.4) is 0 Å². The number of nitrogens with one attached hydrogen (secondary N) is 1. The Balaban J connectivity index is 2.72. The first kappa shape index (κ1) is 16.8. The molecular weight excluding hydrogens is 289 g/mol. The van der Waals surface area contributed by atoms with Crippen LogP contribution in [-0.4, -0.2) is 23.9 Å². The molecule has 0 aliphatic heterocycles. The topological polar surface area (TPSA) is 55.1 Å². The third-order valence-electron chi connectivity index (χ3n) is 2.47. The van der Waals surface area contributed by atoms with Gasteiger partial charge in [0.2, 0.25) is 5.91 Å². The van der Waals surface area contributed by atoms with Gasteiger partial charge in [-0.2, -0.15) is 13.2 Å². The van der Waals surface area contributed by atoms with Crippen molar-refractivity contribution < 1.29 is 18.0 Å². The Hall–Kier alpha value is -1.21. The van der Waals surface area contributed by atoms with E-state index in [-0.39, 0.29) is 5.91 Å². The van der Waals surface area contributed by atoms with Crippen molar-refractivity contribution in [2.45, 2.75) is 36.9 Å². The van der Waals surface area contributed by atoms with Crippen LogP contribution in [0.15, 0.2) is 29.2 Å². The molecule has 0 aliphatic carbocycles. The van der Waals surface area contributed by atoms with Crippen molar-refractivity contribution in [2.24, 2.45) is 5.73 Å². The summed E-state index contributed by atoms with van der Waals surface area (Å²) in [4.78, 5) is 12.2. The summed E-state index contributed by atoms with van der Waals surface area (Å²) in [6.07, 6.45) is -2.96. The maximum atomic E-state index is 12.2. The van der Waals surface area contributed by atoms with Gasteiger partial charge >= 0.3 is 6.18 Å². The van der Waals surface area contributed by atoms with E-state index in [1.165, 1.54) is 6.07 Å². The highest BCUT2D eigenvalue weighted by molar-refractivity contribution is 7.99. The first-order valence-corrected chi connectivity index (χ1v) is 7.17. The number of hydrogen-bond donors (Lipinski definition) is 2. The van der Waals surface area contributed by atoms with E-state index >= 15 is 0 Å². The number of para-hydroxylation sites is 1. The van der Waals surface area contributed by atoms with E-state index in [0.717, 1.165) is 6.42 Å². The van der Waals surface area contributed by atoms with Crippen LogP contribution in [0.2, 0.25) is 0 Å². The van der Waals surface area contributed by atoms with Crippen molar-refractivity contribution in [1.82, 2.24) is 0 Å². The summed E-state index contributed by atoms with van der Waals surface area (Å²) in [5, 5.41) is 2.58. The molecule has 112 valence electrons. The first-order valence-electron chi connectivity index (χ1n) is 6.18. The predicted octanol–water partition coefficient (Wildman–Crippen LogP) is 3.41. The Kier molecular flexibility index (Phi) is 6.35. The molecule has 0 saturated carbocycles. The maximum Gasteiger partial charge on any atom is 0.398 e. The molecule has 0 radical (unpaired) electrons. The largest absolute Gasteiger partial charge is 0.398 e. The smallest absolute Gasteiger partial charge is 0.324 e. The lowest BCUT2D eigenvalue weighted by molar-refractivity contribution is -0.117. The van der Waals surface area contributed by atoms with E-state index < -0.39 is 18.0 Å². The molecule has 0 aliphatic rings. The Morgan fingerprint density at radius 3 is 2.65 bits per heavy atom. The number of alkyl halides is 3. The monoisotopic (exact) mass is 306 g/mol. The fraction of sp³-hybridized carbons (Fsp3) is 0.462. The lowest BCUT2D eigenvalue weighted by Gasteiger charge is -2.14. The number of nitrogens with two attached hydrogens (primary N) is 1. The SMILES string of the molecule is CCC[C@@H](N)C(=O)Nc1ccccc1SCC(F)(F)F. The molecule has 1 atom stereocenters. The summed E-state index contributed by atoms with van der Waals surface area (Å²) >= 11 is 0.641. The Bertz CT molecular complexity index is 451. The first-order chi connectivity index (χ1) is 9.33. The van der Waals surface area contributed by atoms with E-state index in [9.17, 15) is 18.0 Å². The summed E-state index contributed by atoms with van der Waals surface area (Å²) < 4.78 is 36.7. The second-order valence-corrected chi connectivity index (χ2v) is 5.30. The van der Waals surface area contributed by atoms with Crippen LogP contribution in [0.1, 0.15) is 19.8 Å². The van der Waals surface area contributed by atoms with Crippen molar-refractivity contribution in [3.05, 3.63) is 24.3 Å². The molecular formula is C13H17F3N2OS. The molecule has 1 aromatic carbocycles. The molecule has 0 saturated heterocycles. The zero-order valence-corrected chi connectivity index (χ0v) is 11.9. The standard InChI is InChI=1S/C13H17F3N2OS/c1-2-5-9(17)12(19)18-10-6-3-4-7-11(10)20-8-13(14,15)16/h3-4,6-7,9H,2,5,8,17H2,1H3,(H,18,19)/t9-/m1/s1. The summed E-state index contributed by atoms with van der Waals surface area (Å²) in [7, 11) is 0. The van der Waals surface area contributed by atoms with Crippen molar-refractivity contribution in [1.29, 1.82) is 0 Å². The third kappa shape index (κ3) is 5.83. The van der Waals surface area contributed by atoms with Gasteiger partial charge in [0.1, 0.15) is 0 Å². The molecule has 0 bridgehead atoms. The zero-order valence-electron chi connectivity index (χ0n) is 11.0. The van der Waals surface area contributed by atoms with Crippen LogP contribution in [0.5, 0.6) is 0 Å². The average Bonchev–Trinajstić information content (AvgIpc) is 2.37. The molecule has 1 rings (SSSR count). The molecule has 0 heterocycles. The number of amides is 1. The molecule has 0 fully saturated rings. The van der Waals surface area contributed by atoms with Gasteiger partial charge in [-0.1, -0.05) is 25.5 Å². The molecule has 1 amide bonds. The number of thioether (sulfide) groups is 1. The van der Waals surface area contributed by atoms with Crippen LogP contribution in [0.25, 0.3) is 0 Å². The second kappa shape index (κ2) is 7.54. The minimum atomic E-state index is -4.25. The quantitative estimate of drug-likeness (QED) is 0.792. The van der Waals surface area contributed by atoms with E-state index in [2.05, 4.69) is 5.32 Å². The third-order valence-corrected chi connectivity index (χ3v) is 3.61. The lowest BCUT2D eigenvalue weighted by atomic mass is 10.1. The van der Waals surface area contributed by atoms with Crippen molar-refractivity contribution in [3.8, 4) is 0 Å². The number of rotatable bonds is 6. The number of hydrogen-bond acceptors (Lipinski definition) is 3. The highest BCUT2D eigenvalue weighted by atomic mass is 32.2. The molecule has 3 N–H and O–H groups in total. The van der Waals surface area contributed by atoms with Crippen LogP contribution in [0.4, 0.5) is 18.9 Å². The lowest BCUT2D eigenvalue weighted by Crippen LogP contribution is -2.35. The Morgan fingerprint density at radius 1 is 1.40 bits per heavy atom. The van der Waals surface area contributed by atoms with E-state index in [4.69, 9.17) is 5.73 Å². The minimum Gasteiger partial charge on any atom is -0.324 e. The molecule has 0 unspecified atom stereocenters. The highest BCUT2D eigenvalue weighted by Crippen LogP contribution is 2.32. The number of carbonyl (C=O) groups excluding carboxylic acids is 1. The van der Waals surface area contributed by atoms with E-state index in [1.807, 2.05) is 6.92 Å². The van der Waals surface area contributed by atoms with Gasteiger partial charge in [0.15, 0.2) is 0 Å². The van der Waals surface area contributed by atoms with Crippen molar-refractivity contribution in [3.63, 3.8) is 0 Å². The maximum absolute atomic E-state index is 12.2. The predicted molar refractivity (Wildman–Crippen MR) is 74.7 cm³/mol. The molecule has 3 nitrogen and oxygen atoms in total. The molecule has 7 heteroatoms. The van der Waals surface area contributed by atoms with Gasteiger partial charge < -0.3 is 11.1 Å². The molecule has 1 aromatic rings. The van der Waals surface area contributed by atoms with Gasteiger partial charge in [-0.15, -0.1) is 11.8 Å². The van der Waals surface area contributed by atoms with E-state index in [0.29, 0.717) is 28.8 Å². The fourth-order valence-corrected chi connectivity index (χ4v) is 2.29. The van der Waals surface area contributed by atoms with Crippen molar-refractivity contribution >= 4 is 23.4 Å². The van der Waals surface area contributed by atoms with Gasteiger partial charge in [0.05, 0.1) is 17.5 Å².